The van der Waals surface area contributed by atoms with E-state index in [1.54, 1.807) is 0 Å². The normalized spacial score (nSPS) is 13.1. The van der Waals surface area contributed by atoms with Gasteiger partial charge in [0.25, 0.3) is 0 Å². The Morgan fingerprint density at radius 3 is 0.968 bits per heavy atom. The summed E-state index contributed by atoms with van der Waals surface area (Å²) in [7, 11) is -3.85. The van der Waals surface area contributed by atoms with E-state index in [0.29, 0.717) is 13.2 Å². The van der Waals surface area contributed by atoms with Crippen LogP contribution in [0.3, 0.4) is 0 Å². The average molecular weight is 483 g/mol. The van der Waals surface area contributed by atoms with Gasteiger partial charge in [-0.3, -0.25) is 9.05 Å². The van der Waals surface area contributed by atoms with Crippen LogP contribution in [-0.4, -0.2) is 18.1 Å². The highest BCUT2D eigenvalue weighted by atomic mass is 31.2. The summed E-state index contributed by atoms with van der Waals surface area (Å²) in [5.41, 5.74) is 0. The Morgan fingerprint density at radius 2 is 0.710 bits per heavy atom. The van der Waals surface area contributed by atoms with Gasteiger partial charge < -0.3 is 4.89 Å². The summed E-state index contributed by atoms with van der Waals surface area (Å²) in [5, 5.41) is 0. The summed E-state index contributed by atoms with van der Waals surface area (Å²) in [6, 6.07) is 0. The topological polar surface area (TPSA) is 55.8 Å². The van der Waals surface area contributed by atoms with Crippen molar-refractivity contribution in [3.8, 4) is 0 Å². The maximum absolute atomic E-state index is 11.9. The van der Waals surface area contributed by atoms with Gasteiger partial charge in [0.2, 0.25) is 0 Å². The fourth-order valence-corrected chi connectivity index (χ4v) is 4.55. The van der Waals surface area contributed by atoms with Crippen molar-refractivity contribution in [2.45, 2.75) is 149 Å². The number of phosphoric acid groups is 1. The Bertz CT molecular complexity index is 381. The van der Waals surface area contributed by atoms with Crippen LogP contribution in [0.2, 0.25) is 0 Å². The predicted octanol–water partition coefficient (Wildman–Crippen LogP) is 9.41. The van der Waals surface area contributed by atoms with Gasteiger partial charge in [0, 0.05) is 0 Å². The second-order valence-electron chi connectivity index (χ2n) is 8.85. The molecule has 0 aliphatic rings. The second kappa shape index (κ2) is 26.8. The molecule has 0 fully saturated rings. The number of hydrogen-bond donors (Lipinski definition) is 1. The number of phosphoric ester groups is 1. The molecule has 1 N–H and O–H groups in total. The molecule has 0 heterocycles. The zero-order valence-corrected chi connectivity index (χ0v) is 23.4. The zero-order valence-electron chi connectivity index (χ0n) is 21.1. The monoisotopic (exact) mass is 482 g/mol. The molecule has 0 radical (unpaired) electrons. The molecule has 0 aromatic carbocycles. The molecule has 0 rings (SSSR count). The molecule has 190 valence electrons. The first kappa shape index (κ1) is 33.7. The van der Waals surface area contributed by atoms with Crippen molar-refractivity contribution in [3.05, 3.63) is 0 Å². The van der Waals surface area contributed by atoms with E-state index in [1.165, 1.54) is 109 Å². The molecule has 31 heavy (non-hydrogen) atoms. The predicted molar refractivity (Wildman–Crippen MR) is 141 cm³/mol. The van der Waals surface area contributed by atoms with Gasteiger partial charge in [-0.05, 0) is 12.8 Å². The van der Waals surface area contributed by atoms with Crippen LogP contribution in [0.15, 0.2) is 0 Å². The number of rotatable bonds is 25. The fourth-order valence-electron chi connectivity index (χ4n) is 3.75. The van der Waals surface area contributed by atoms with Crippen molar-refractivity contribution in [2.75, 3.05) is 13.2 Å². The largest absolute Gasteiger partial charge is 0.472 e. The third kappa shape index (κ3) is 28.5. The second-order valence-corrected chi connectivity index (χ2v) is 10.3. The van der Waals surface area contributed by atoms with Gasteiger partial charge in [0.15, 0.2) is 0 Å². The molecule has 4 nitrogen and oxygen atoms in total. The molecule has 0 aromatic heterocycles. The Balaban J connectivity index is 0. The van der Waals surface area contributed by atoms with Crippen LogP contribution < -0.4 is 0 Å². The first-order valence-electron chi connectivity index (χ1n) is 13.2. The molecular weight excluding hydrogens is 426 g/mol. The van der Waals surface area contributed by atoms with E-state index in [4.69, 9.17) is 9.05 Å². The lowest BCUT2D eigenvalue weighted by Gasteiger charge is -2.12. The van der Waals surface area contributed by atoms with Gasteiger partial charge >= 0.3 is 7.82 Å². The molecule has 2 atom stereocenters. The lowest BCUT2D eigenvalue weighted by atomic mass is 10.1. The minimum atomic E-state index is -3.85. The summed E-state index contributed by atoms with van der Waals surface area (Å²) in [5.74, 6) is 0. The Kier molecular flexibility index (Phi) is 29.1. The number of hydrogen-bond acceptors (Lipinski definition) is 3. The summed E-state index contributed by atoms with van der Waals surface area (Å²) in [6.45, 7) is 5.15. The Hall–Kier alpha value is 0.540. The smallest absolute Gasteiger partial charge is 0.302 e. The van der Waals surface area contributed by atoms with E-state index in [0.717, 1.165) is 25.7 Å². The lowest BCUT2D eigenvalue weighted by molar-refractivity contribution is 0.145. The Labute approximate surface area is 198 Å². The third-order valence-electron chi connectivity index (χ3n) is 5.75. The highest BCUT2D eigenvalue weighted by Gasteiger charge is 2.19. The third-order valence-corrected chi connectivity index (χ3v) is 6.77. The first-order valence-corrected chi connectivity index (χ1v) is 14.7. The van der Waals surface area contributed by atoms with Crippen LogP contribution in [0.5, 0.6) is 0 Å². The van der Waals surface area contributed by atoms with Crippen molar-refractivity contribution in [1.29, 1.82) is 0 Å². The minimum Gasteiger partial charge on any atom is -0.302 e. The maximum Gasteiger partial charge on any atom is 0.472 e. The lowest BCUT2D eigenvalue weighted by Crippen LogP contribution is -1.99. The molecular formula is C25H56O4P2. The van der Waals surface area contributed by atoms with Crippen LogP contribution in [0.25, 0.3) is 0 Å². The Morgan fingerprint density at radius 1 is 0.484 bits per heavy atom. The maximum atomic E-state index is 11.9. The number of unbranched alkanes of at least 4 members (excludes halogenated alkanes) is 19. The van der Waals surface area contributed by atoms with Crippen LogP contribution in [0.1, 0.15) is 149 Å². The van der Waals surface area contributed by atoms with Crippen LogP contribution in [0.4, 0.5) is 0 Å². The van der Waals surface area contributed by atoms with Crippen molar-refractivity contribution < 1.29 is 18.5 Å². The highest BCUT2D eigenvalue weighted by Crippen LogP contribution is 2.43. The highest BCUT2D eigenvalue weighted by molar-refractivity contribution is 7.47. The molecule has 0 aromatic rings. The summed E-state index contributed by atoms with van der Waals surface area (Å²) in [4.78, 5) is 9.73. The zero-order chi connectivity index (χ0) is 22.2. The van der Waals surface area contributed by atoms with Gasteiger partial charge in [-0.1, -0.05) is 136 Å². The van der Waals surface area contributed by atoms with Gasteiger partial charge in [-0.15, -0.1) is 0 Å². The molecule has 0 saturated carbocycles. The standard InChI is InChI=1S/C25H53O4P.H3P/c1-3-5-7-9-11-13-15-17-19-21-23-25-29-30(26,27)28-24-22-20-18-16-14-12-10-8-6-4-2;/h3-25H2,1-2H3,(H,26,27);1H3. The van der Waals surface area contributed by atoms with Gasteiger partial charge in [-0.2, -0.15) is 9.90 Å². The van der Waals surface area contributed by atoms with E-state index < -0.39 is 7.82 Å². The quantitative estimate of drug-likeness (QED) is 0.104. The summed E-state index contributed by atoms with van der Waals surface area (Å²) < 4.78 is 22.1. The summed E-state index contributed by atoms with van der Waals surface area (Å²) >= 11 is 0. The van der Waals surface area contributed by atoms with Crippen LogP contribution >= 0.6 is 17.7 Å². The molecule has 0 aliphatic heterocycles. The fraction of sp³-hybridized carbons (Fsp3) is 1.00. The van der Waals surface area contributed by atoms with Gasteiger partial charge in [-0.25, -0.2) is 4.57 Å². The van der Waals surface area contributed by atoms with E-state index >= 15 is 0 Å². The summed E-state index contributed by atoms with van der Waals surface area (Å²) in [6.07, 6.45) is 26.2. The van der Waals surface area contributed by atoms with Crippen molar-refractivity contribution in [3.63, 3.8) is 0 Å². The van der Waals surface area contributed by atoms with E-state index in [9.17, 15) is 9.46 Å². The van der Waals surface area contributed by atoms with Gasteiger partial charge in [0.05, 0.1) is 13.2 Å². The SMILES string of the molecule is CCCCCCCCCCCCCOP(=O)(O)OCCCCCCCCCCCC.P. The van der Waals surface area contributed by atoms with Crippen molar-refractivity contribution >= 4 is 17.7 Å². The van der Waals surface area contributed by atoms with Crippen LogP contribution in [0, 0.1) is 0 Å². The van der Waals surface area contributed by atoms with E-state index in [1.807, 2.05) is 0 Å². The van der Waals surface area contributed by atoms with E-state index in [2.05, 4.69) is 13.8 Å². The molecule has 0 bridgehead atoms. The molecule has 2 unspecified atom stereocenters. The molecule has 0 saturated heterocycles. The minimum absolute atomic E-state index is 0. The molecule has 0 amide bonds. The molecule has 0 spiro atoms. The van der Waals surface area contributed by atoms with E-state index in [-0.39, 0.29) is 9.90 Å². The van der Waals surface area contributed by atoms with Gasteiger partial charge in [0.1, 0.15) is 0 Å². The average Bonchev–Trinajstić information content (AvgIpc) is 2.72. The molecule has 0 aliphatic carbocycles. The van der Waals surface area contributed by atoms with Crippen molar-refractivity contribution in [2.24, 2.45) is 0 Å². The first-order chi connectivity index (χ1) is 14.6. The van der Waals surface area contributed by atoms with Crippen LogP contribution in [-0.2, 0) is 13.6 Å². The van der Waals surface area contributed by atoms with Crippen molar-refractivity contribution in [1.82, 2.24) is 0 Å². The molecule has 6 heteroatoms.